The number of ether oxygens (including phenoxy) is 2. The van der Waals surface area contributed by atoms with Crippen LogP contribution in [-0.2, 0) is 11.3 Å². The molecule has 1 aromatic heterocycles. The summed E-state index contributed by atoms with van der Waals surface area (Å²) in [5, 5.41) is 4.35. The third kappa shape index (κ3) is 3.38. The van der Waals surface area contributed by atoms with Crippen LogP contribution in [0.15, 0.2) is 30.3 Å². The number of hydrogen-bond donors (Lipinski definition) is 0. The lowest BCUT2D eigenvalue weighted by atomic mass is 10.3. The van der Waals surface area contributed by atoms with Crippen LogP contribution >= 0.6 is 0 Å². The lowest BCUT2D eigenvalue weighted by Crippen LogP contribution is -2.13. The van der Waals surface area contributed by atoms with E-state index in [-0.39, 0.29) is 5.97 Å². The van der Waals surface area contributed by atoms with Gasteiger partial charge in [-0.1, -0.05) is 18.2 Å². The van der Waals surface area contributed by atoms with Crippen molar-refractivity contribution >= 4 is 5.97 Å². The molecule has 0 radical (unpaired) electrons. The SMILES string of the molecule is CC(=O)Oc1c(C)c(C)nn1CCOc1ccccc1. The minimum absolute atomic E-state index is 0.349. The maximum Gasteiger partial charge on any atom is 0.309 e. The zero-order valence-electron chi connectivity index (χ0n) is 11.9. The van der Waals surface area contributed by atoms with Crippen molar-refractivity contribution in [1.82, 2.24) is 9.78 Å². The number of esters is 1. The number of benzene rings is 1. The summed E-state index contributed by atoms with van der Waals surface area (Å²) in [7, 11) is 0. The molecule has 0 spiro atoms. The molecule has 2 aromatic rings. The summed E-state index contributed by atoms with van der Waals surface area (Å²) < 4.78 is 12.5. The van der Waals surface area contributed by atoms with Crippen LogP contribution in [0.5, 0.6) is 11.6 Å². The molecule has 2 rings (SSSR count). The maximum absolute atomic E-state index is 11.1. The third-order valence-corrected chi connectivity index (χ3v) is 2.92. The molecule has 0 atom stereocenters. The van der Waals surface area contributed by atoms with Crippen molar-refractivity contribution < 1.29 is 14.3 Å². The van der Waals surface area contributed by atoms with E-state index >= 15 is 0 Å². The van der Waals surface area contributed by atoms with Crippen molar-refractivity contribution in [3.63, 3.8) is 0 Å². The van der Waals surface area contributed by atoms with Crippen molar-refractivity contribution in [2.45, 2.75) is 27.3 Å². The number of carbonyl (C=O) groups is 1. The van der Waals surface area contributed by atoms with Gasteiger partial charge in [0.2, 0.25) is 5.88 Å². The fourth-order valence-corrected chi connectivity index (χ4v) is 1.83. The Bertz CT molecular complexity index is 591. The molecule has 106 valence electrons. The largest absolute Gasteiger partial charge is 0.492 e. The van der Waals surface area contributed by atoms with Crippen LogP contribution in [0.1, 0.15) is 18.2 Å². The summed E-state index contributed by atoms with van der Waals surface area (Å²) in [5.41, 5.74) is 1.72. The quantitative estimate of drug-likeness (QED) is 0.786. The van der Waals surface area contributed by atoms with Gasteiger partial charge in [-0.2, -0.15) is 5.10 Å². The highest BCUT2D eigenvalue weighted by molar-refractivity contribution is 5.69. The van der Waals surface area contributed by atoms with E-state index in [1.807, 2.05) is 44.2 Å². The number of rotatable bonds is 5. The molecule has 0 aliphatic carbocycles. The van der Waals surface area contributed by atoms with Gasteiger partial charge in [0.25, 0.3) is 0 Å². The highest BCUT2D eigenvalue weighted by Crippen LogP contribution is 2.21. The Labute approximate surface area is 118 Å². The topological polar surface area (TPSA) is 53.3 Å². The number of hydrogen-bond acceptors (Lipinski definition) is 4. The minimum atomic E-state index is -0.349. The third-order valence-electron chi connectivity index (χ3n) is 2.92. The highest BCUT2D eigenvalue weighted by Gasteiger charge is 2.14. The Hall–Kier alpha value is -2.30. The zero-order chi connectivity index (χ0) is 14.5. The standard InChI is InChI=1S/C15H18N2O3/c1-11-12(2)16-17(15(11)20-13(3)18)9-10-19-14-7-5-4-6-8-14/h4-8H,9-10H2,1-3H3. The van der Waals surface area contributed by atoms with E-state index in [2.05, 4.69) is 5.10 Å². The van der Waals surface area contributed by atoms with Crippen LogP contribution in [-0.4, -0.2) is 22.4 Å². The van der Waals surface area contributed by atoms with Crippen LogP contribution in [0, 0.1) is 13.8 Å². The summed E-state index contributed by atoms with van der Waals surface area (Å²) in [6, 6.07) is 9.56. The molecule has 0 amide bonds. The van der Waals surface area contributed by atoms with Crippen LogP contribution in [0.25, 0.3) is 0 Å². The van der Waals surface area contributed by atoms with Gasteiger partial charge in [0.15, 0.2) is 0 Å². The van der Waals surface area contributed by atoms with Gasteiger partial charge in [0, 0.05) is 12.5 Å². The molecular formula is C15H18N2O3. The van der Waals surface area contributed by atoms with Gasteiger partial charge in [-0.25, -0.2) is 4.68 Å². The van der Waals surface area contributed by atoms with E-state index in [9.17, 15) is 4.79 Å². The predicted octanol–water partition coefficient (Wildman–Crippen LogP) is 2.50. The van der Waals surface area contributed by atoms with Crippen molar-refractivity contribution in [1.29, 1.82) is 0 Å². The van der Waals surface area contributed by atoms with Gasteiger partial charge in [0.05, 0.1) is 12.2 Å². The van der Waals surface area contributed by atoms with E-state index < -0.39 is 0 Å². The Kier molecular flexibility index (Phi) is 4.40. The van der Waals surface area contributed by atoms with Crippen LogP contribution < -0.4 is 9.47 Å². The van der Waals surface area contributed by atoms with Gasteiger partial charge in [-0.15, -0.1) is 0 Å². The molecule has 0 fully saturated rings. The highest BCUT2D eigenvalue weighted by atomic mass is 16.5. The molecule has 5 nitrogen and oxygen atoms in total. The summed E-state index contributed by atoms with van der Waals surface area (Å²) >= 11 is 0. The van der Waals surface area contributed by atoms with Crippen molar-refractivity contribution in [2.75, 3.05) is 6.61 Å². The fraction of sp³-hybridized carbons (Fsp3) is 0.333. The summed E-state index contributed by atoms with van der Waals surface area (Å²) in [6.07, 6.45) is 0. The Balaban J connectivity index is 2.02. The average molecular weight is 274 g/mol. The lowest BCUT2D eigenvalue weighted by molar-refractivity contribution is -0.132. The van der Waals surface area contributed by atoms with Crippen LogP contribution in [0.4, 0.5) is 0 Å². The van der Waals surface area contributed by atoms with Gasteiger partial charge < -0.3 is 9.47 Å². The van der Waals surface area contributed by atoms with Crippen molar-refractivity contribution in [3.8, 4) is 11.6 Å². The van der Waals surface area contributed by atoms with Crippen molar-refractivity contribution in [2.24, 2.45) is 0 Å². The van der Waals surface area contributed by atoms with E-state index in [1.54, 1.807) is 4.68 Å². The molecule has 0 saturated carbocycles. The normalized spacial score (nSPS) is 10.3. The first-order valence-corrected chi connectivity index (χ1v) is 6.48. The van der Waals surface area contributed by atoms with Gasteiger partial charge in [-0.3, -0.25) is 4.79 Å². The number of nitrogens with zero attached hydrogens (tertiary/aromatic N) is 2. The Morgan fingerprint density at radius 3 is 2.60 bits per heavy atom. The molecule has 1 aromatic carbocycles. The molecule has 0 saturated heterocycles. The molecule has 0 bridgehead atoms. The maximum atomic E-state index is 11.1. The number of carbonyl (C=O) groups excluding carboxylic acids is 1. The smallest absolute Gasteiger partial charge is 0.309 e. The molecule has 20 heavy (non-hydrogen) atoms. The molecule has 1 heterocycles. The summed E-state index contributed by atoms with van der Waals surface area (Å²) in [5.74, 6) is 0.951. The van der Waals surface area contributed by atoms with Gasteiger partial charge >= 0.3 is 5.97 Å². The predicted molar refractivity (Wildman–Crippen MR) is 74.9 cm³/mol. The molecule has 0 N–H and O–H groups in total. The summed E-state index contributed by atoms with van der Waals surface area (Å²) in [4.78, 5) is 11.1. The molecule has 0 aliphatic rings. The van der Waals surface area contributed by atoms with Crippen LogP contribution in [0.3, 0.4) is 0 Å². The first-order chi connectivity index (χ1) is 9.58. The second-order valence-corrected chi connectivity index (χ2v) is 4.49. The van der Waals surface area contributed by atoms with Gasteiger partial charge in [-0.05, 0) is 26.0 Å². The lowest BCUT2D eigenvalue weighted by Gasteiger charge is -2.09. The second-order valence-electron chi connectivity index (χ2n) is 4.49. The Morgan fingerprint density at radius 2 is 1.95 bits per heavy atom. The fourth-order valence-electron chi connectivity index (χ4n) is 1.83. The Morgan fingerprint density at radius 1 is 1.25 bits per heavy atom. The molecular weight excluding hydrogens is 256 g/mol. The number of para-hydroxylation sites is 1. The van der Waals surface area contributed by atoms with Crippen LogP contribution in [0.2, 0.25) is 0 Å². The van der Waals surface area contributed by atoms with Gasteiger partial charge in [0.1, 0.15) is 12.4 Å². The number of aryl methyl sites for hydroxylation is 1. The second kappa shape index (κ2) is 6.23. The van der Waals surface area contributed by atoms with E-state index in [4.69, 9.17) is 9.47 Å². The average Bonchev–Trinajstić information content (AvgIpc) is 2.67. The van der Waals surface area contributed by atoms with E-state index in [1.165, 1.54) is 6.92 Å². The van der Waals surface area contributed by atoms with Crippen molar-refractivity contribution in [3.05, 3.63) is 41.6 Å². The van der Waals surface area contributed by atoms with E-state index in [0.717, 1.165) is 17.0 Å². The number of aromatic nitrogens is 2. The molecule has 0 unspecified atom stereocenters. The first kappa shape index (κ1) is 14.1. The monoisotopic (exact) mass is 274 g/mol. The minimum Gasteiger partial charge on any atom is -0.492 e. The molecule has 0 aliphatic heterocycles. The van der Waals surface area contributed by atoms with E-state index in [0.29, 0.717) is 19.0 Å². The first-order valence-electron chi connectivity index (χ1n) is 6.48. The summed E-state index contributed by atoms with van der Waals surface area (Å²) in [6.45, 7) is 6.13. The zero-order valence-corrected chi connectivity index (χ0v) is 11.9. The molecule has 5 heteroatoms.